The summed E-state index contributed by atoms with van der Waals surface area (Å²) >= 11 is 0. The van der Waals surface area contributed by atoms with Crippen molar-refractivity contribution in [2.24, 2.45) is 0 Å². The van der Waals surface area contributed by atoms with Gasteiger partial charge >= 0.3 is 0 Å². The summed E-state index contributed by atoms with van der Waals surface area (Å²) in [5.74, 6) is 0.931. The summed E-state index contributed by atoms with van der Waals surface area (Å²) in [7, 11) is 0. The second-order valence-electron chi connectivity index (χ2n) is 8.79. The van der Waals surface area contributed by atoms with E-state index in [-0.39, 0.29) is 23.9 Å². The lowest BCUT2D eigenvalue weighted by Crippen LogP contribution is -2.29. The third-order valence-corrected chi connectivity index (χ3v) is 6.28. The zero-order valence-corrected chi connectivity index (χ0v) is 18.7. The summed E-state index contributed by atoms with van der Waals surface area (Å²) in [6, 6.07) is 21.2. The van der Waals surface area contributed by atoms with Crippen LogP contribution in [0.25, 0.3) is 11.4 Å². The quantitative estimate of drug-likeness (QED) is 0.412. The van der Waals surface area contributed by atoms with Crippen LogP contribution >= 0.6 is 0 Å². The number of anilines is 1. The molecule has 0 bridgehead atoms. The number of imide groups is 1. The number of carbonyl (C=O) groups excluding carboxylic acids is 3. The number of nitrogens with one attached hydrogen (secondary N) is 2. The van der Waals surface area contributed by atoms with Crippen molar-refractivity contribution in [2.75, 3.05) is 5.32 Å². The maximum absolute atomic E-state index is 12.9. The van der Waals surface area contributed by atoms with Gasteiger partial charge in [-0.2, -0.15) is 5.10 Å². The van der Waals surface area contributed by atoms with Gasteiger partial charge in [0, 0.05) is 22.7 Å². The summed E-state index contributed by atoms with van der Waals surface area (Å²) in [4.78, 5) is 44.3. The lowest BCUT2D eigenvalue weighted by molar-refractivity contribution is 0.0642. The van der Waals surface area contributed by atoms with Crippen molar-refractivity contribution in [2.45, 2.75) is 25.3 Å². The summed E-state index contributed by atoms with van der Waals surface area (Å²) in [6.45, 7) is 0.189. The first-order valence-corrected chi connectivity index (χ1v) is 11.4. The lowest BCUT2D eigenvalue weighted by Gasteiger charge is -2.13. The first kappa shape index (κ1) is 21.0. The lowest BCUT2D eigenvalue weighted by atomic mass is 10.1. The molecule has 1 aromatic heterocycles. The number of H-pyrrole nitrogens is 1. The molecule has 4 aromatic rings. The molecule has 1 fully saturated rings. The molecule has 8 heteroatoms. The van der Waals surface area contributed by atoms with Crippen molar-refractivity contribution in [1.82, 2.24) is 20.1 Å². The van der Waals surface area contributed by atoms with Gasteiger partial charge in [-0.05, 0) is 60.9 Å². The number of aromatic nitrogens is 3. The molecule has 0 spiro atoms. The number of aromatic amines is 1. The maximum Gasteiger partial charge on any atom is 0.261 e. The molecule has 172 valence electrons. The molecule has 0 saturated heterocycles. The Balaban J connectivity index is 1.16. The Bertz CT molecular complexity index is 1460. The van der Waals surface area contributed by atoms with E-state index >= 15 is 0 Å². The topological polar surface area (TPSA) is 108 Å². The summed E-state index contributed by atoms with van der Waals surface area (Å²) in [5.41, 5.74) is 3.17. The standard InChI is InChI=1S/C27H21N5O3/c33-25(28-20-11-8-18(9-12-20)24-29-23(30-31-24)17-6-7-17)19-10-13-21-22(14-19)27(35)32(26(21)34)15-16-4-2-1-3-5-16/h1-5,8-14,17H,6-7,15H2,(H,28,33)(H,29,30,31). The van der Waals surface area contributed by atoms with Crippen LogP contribution in [-0.4, -0.2) is 37.8 Å². The van der Waals surface area contributed by atoms with Gasteiger partial charge in [-0.25, -0.2) is 4.98 Å². The van der Waals surface area contributed by atoms with E-state index in [1.54, 1.807) is 24.3 Å². The van der Waals surface area contributed by atoms with Crippen molar-refractivity contribution in [3.05, 3.63) is 101 Å². The molecule has 2 aliphatic rings. The molecule has 1 saturated carbocycles. The Kier molecular flexibility index (Phi) is 4.99. The minimum atomic E-state index is -0.398. The Labute approximate surface area is 201 Å². The van der Waals surface area contributed by atoms with Crippen LogP contribution in [-0.2, 0) is 6.54 Å². The molecule has 8 nitrogen and oxygen atoms in total. The number of amides is 3. The van der Waals surface area contributed by atoms with Crippen LogP contribution in [0.5, 0.6) is 0 Å². The molecular weight excluding hydrogens is 442 g/mol. The van der Waals surface area contributed by atoms with Gasteiger partial charge in [0.25, 0.3) is 17.7 Å². The van der Waals surface area contributed by atoms with E-state index in [0.29, 0.717) is 28.6 Å². The number of rotatable bonds is 6. The fourth-order valence-electron chi connectivity index (χ4n) is 4.19. The van der Waals surface area contributed by atoms with Gasteiger partial charge in [0.05, 0.1) is 17.7 Å². The van der Waals surface area contributed by atoms with E-state index in [0.717, 1.165) is 29.8 Å². The highest BCUT2D eigenvalue weighted by molar-refractivity contribution is 6.22. The first-order valence-electron chi connectivity index (χ1n) is 11.4. The Morgan fingerprint density at radius 2 is 1.69 bits per heavy atom. The number of carbonyl (C=O) groups is 3. The zero-order chi connectivity index (χ0) is 23.9. The second kappa shape index (κ2) is 8.32. The number of nitrogens with zero attached hydrogens (tertiary/aromatic N) is 3. The van der Waals surface area contributed by atoms with Gasteiger partial charge in [0.15, 0.2) is 5.82 Å². The van der Waals surface area contributed by atoms with E-state index in [4.69, 9.17) is 0 Å². The molecule has 1 aliphatic carbocycles. The maximum atomic E-state index is 12.9. The van der Waals surface area contributed by atoms with Crippen molar-refractivity contribution in [3.63, 3.8) is 0 Å². The average Bonchev–Trinajstić information content (AvgIpc) is 3.58. The van der Waals surface area contributed by atoms with E-state index < -0.39 is 5.91 Å². The smallest absolute Gasteiger partial charge is 0.261 e. The van der Waals surface area contributed by atoms with E-state index in [9.17, 15) is 14.4 Å². The summed E-state index contributed by atoms with van der Waals surface area (Å²) in [6.07, 6.45) is 2.29. The van der Waals surface area contributed by atoms with Crippen molar-refractivity contribution < 1.29 is 14.4 Å². The van der Waals surface area contributed by atoms with Crippen LogP contribution in [0.1, 0.15) is 61.2 Å². The molecule has 0 unspecified atom stereocenters. The molecule has 0 atom stereocenters. The van der Waals surface area contributed by atoms with E-state index in [2.05, 4.69) is 20.5 Å². The second-order valence-corrected chi connectivity index (χ2v) is 8.79. The zero-order valence-electron chi connectivity index (χ0n) is 18.7. The van der Waals surface area contributed by atoms with Gasteiger partial charge in [-0.3, -0.25) is 24.4 Å². The van der Waals surface area contributed by atoms with Crippen molar-refractivity contribution >= 4 is 23.4 Å². The van der Waals surface area contributed by atoms with Crippen LogP contribution in [0.3, 0.4) is 0 Å². The number of hydrogen-bond donors (Lipinski definition) is 2. The first-order chi connectivity index (χ1) is 17.1. The number of fused-ring (bicyclic) bond motifs is 1. The van der Waals surface area contributed by atoms with Crippen LogP contribution < -0.4 is 5.32 Å². The highest BCUT2D eigenvalue weighted by Gasteiger charge is 2.36. The van der Waals surface area contributed by atoms with Gasteiger partial charge < -0.3 is 5.32 Å². The number of benzene rings is 3. The molecule has 2 heterocycles. The Morgan fingerprint density at radius 1 is 0.943 bits per heavy atom. The van der Waals surface area contributed by atoms with Gasteiger partial charge in [-0.15, -0.1) is 0 Å². The molecular formula is C27H21N5O3. The molecule has 0 radical (unpaired) electrons. The minimum Gasteiger partial charge on any atom is -0.322 e. The van der Waals surface area contributed by atoms with Crippen LogP contribution in [0.4, 0.5) is 5.69 Å². The van der Waals surface area contributed by atoms with E-state index in [1.165, 1.54) is 11.0 Å². The predicted molar refractivity (Wildman–Crippen MR) is 129 cm³/mol. The largest absolute Gasteiger partial charge is 0.322 e. The fourth-order valence-corrected chi connectivity index (χ4v) is 4.19. The molecule has 1 aliphatic heterocycles. The fraction of sp³-hybridized carbons (Fsp3) is 0.148. The van der Waals surface area contributed by atoms with Crippen molar-refractivity contribution in [3.8, 4) is 11.4 Å². The predicted octanol–water partition coefficient (Wildman–Crippen LogP) is 4.40. The molecule has 3 aromatic carbocycles. The molecule has 35 heavy (non-hydrogen) atoms. The molecule has 2 N–H and O–H groups in total. The van der Waals surface area contributed by atoms with E-state index in [1.807, 2.05) is 42.5 Å². The Morgan fingerprint density at radius 3 is 2.43 bits per heavy atom. The molecule has 3 amide bonds. The third-order valence-electron chi connectivity index (χ3n) is 6.28. The summed E-state index contributed by atoms with van der Waals surface area (Å²) < 4.78 is 0. The Hall–Kier alpha value is -4.59. The van der Waals surface area contributed by atoms with Crippen molar-refractivity contribution in [1.29, 1.82) is 0 Å². The van der Waals surface area contributed by atoms with Crippen LogP contribution in [0, 0.1) is 0 Å². The monoisotopic (exact) mass is 463 g/mol. The SMILES string of the molecule is O=C(Nc1ccc(-c2n[nH]c(C3CC3)n2)cc1)c1ccc2c(c1)C(=O)N(Cc1ccccc1)C2=O. The highest BCUT2D eigenvalue weighted by atomic mass is 16.2. The van der Waals surface area contributed by atoms with Gasteiger partial charge in [0.2, 0.25) is 0 Å². The third kappa shape index (κ3) is 3.99. The van der Waals surface area contributed by atoms with Gasteiger partial charge in [0.1, 0.15) is 5.82 Å². The highest BCUT2D eigenvalue weighted by Crippen LogP contribution is 2.38. The molecule has 6 rings (SSSR count). The summed E-state index contributed by atoms with van der Waals surface area (Å²) in [5, 5.41) is 10.1. The van der Waals surface area contributed by atoms with Gasteiger partial charge in [-0.1, -0.05) is 30.3 Å². The minimum absolute atomic E-state index is 0.189. The van der Waals surface area contributed by atoms with Crippen LogP contribution in [0.15, 0.2) is 72.8 Å². The normalized spacial score (nSPS) is 14.8. The number of hydrogen-bond acceptors (Lipinski definition) is 5. The average molecular weight is 463 g/mol. The van der Waals surface area contributed by atoms with Crippen LogP contribution in [0.2, 0.25) is 0 Å².